The fourth-order valence-corrected chi connectivity index (χ4v) is 2.66. The molecule has 0 fully saturated rings. The zero-order chi connectivity index (χ0) is 14.9. The zero-order valence-corrected chi connectivity index (χ0v) is 13.1. The third kappa shape index (κ3) is 4.69. The van der Waals surface area contributed by atoms with E-state index in [1.54, 1.807) is 0 Å². The van der Waals surface area contributed by atoms with Gasteiger partial charge in [0.1, 0.15) is 11.8 Å². The van der Waals surface area contributed by atoms with Crippen molar-refractivity contribution in [1.82, 2.24) is 19.5 Å². The third-order valence-corrected chi connectivity index (χ3v) is 3.93. The molecule has 0 aromatic carbocycles. The molecule has 2 N–H and O–H groups in total. The molecule has 2 heterocycles. The van der Waals surface area contributed by atoms with Crippen molar-refractivity contribution >= 4 is 17.0 Å². The Balaban J connectivity index is 1.63. The number of aromatic nitrogens is 4. The van der Waals surface area contributed by atoms with E-state index in [9.17, 15) is 0 Å². The normalized spacial score (nSPS) is 11.3. The third-order valence-electron chi connectivity index (χ3n) is 3.93. The zero-order valence-electron chi connectivity index (χ0n) is 13.1. The molecular formula is C16H27N5. The molecule has 0 saturated carbocycles. The van der Waals surface area contributed by atoms with Crippen molar-refractivity contribution < 1.29 is 0 Å². The first-order valence-corrected chi connectivity index (χ1v) is 8.24. The minimum absolute atomic E-state index is 0.464. The summed E-state index contributed by atoms with van der Waals surface area (Å²) in [5.74, 6) is 0.464. The number of anilines is 1. The van der Waals surface area contributed by atoms with Gasteiger partial charge in [-0.2, -0.15) is 0 Å². The Morgan fingerprint density at radius 1 is 0.905 bits per heavy atom. The van der Waals surface area contributed by atoms with Gasteiger partial charge in [0, 0.05) is 6.54 Å². The minimum Gasteiger partial charge on any atom is -0.382 e. The van der Waals surface area contributed by atoms with E-state index in [0.29, 0.717) is 11.3 Å². The van der Waals surface area contributed by atoms with E-state index in [-0.39, 0.29) is 0 Å². The fraction of sp³-hybridized carbons (Fsp3) is 0.688. The molecule has 0 bridgehead atoms. The summed E-state index contributed by atoms with van der Waals surface area (Å²) < 4.78 is 2.08. The van der Waals surface area contributed by atoms with Gasteiger partial charge in [-0.1, -0.05) is 58.3 Å². The van der Waals surface area contributed by atoms with E-state index in [1.807, 2.05) is 6.33 Å². The average Bonchev–Trinajstić information content (AvgIpc) is 2.90. The Kier molecular flexibility index (Phi) is 6.44. The molecule has 2 aromatic rings. The van der Waals surface area contributed by atoms with E-state index >= 15 is 0 Å². The number of nitrogens with two attached hydrogens (primary N) is 1. The Morgan fingerprint density at radius 3 is 2.29 bits per heavy atom. The van der Waals surface area contributed by atoms with Crippen LogP contribution < -0.4 is 5.73 Å². The van der Waals surface area contributed by atoms with Gasteiger partial charge in [-0.3, -0.25) is 0 Å². The highest BCUT2D eigenvalue weighted by atomic mass is 15.1. The van der Waals surface area contributed by atoms with Crippen LogP contribution in [0.3, 0.4) is 0 Å². The van der Waals surface area contributed by atoms with Crippen LogP contribution in [0.15, 0.2) is 12.7 Å². The van der Waals surface area contributed by atoms with Crippen molar-refractivity contribution in [2.24, 2.45) is 0 Å². The molecule has 0 radical (unpaired) electrons. The van der Waals surface area contributed by atoms with Crippen LogP contribution in [-0.2, 0) is 6.54 Å². The van der Waals surface area contributed by atoms with Crippen molar-refractivity contribution in [2.45, 2.75) is 71.3 Å². The lowest BCUT2D eigenvalue weighted by Crippen LogP contribution is -1.99. The SMILES string of the molecule is CCCCCCCCCCCn1cnc2c(N)ncnc21. The van der Waals surface area contributed by atoms with E-state index < -0.39 is 0 Å². The Morgan fingerprint density at radius 2 is 1.57 bits per heavy atom. The largest absolute Gasteiger partial charge is 0.382 e. The van der Waals surface area contributed by atoms with E-state index in [2.05, 4.69) is 26.4 Å². The van der Waals surface area contributed by atoms with Crippen LogP contribution in [0.25, 0.3) is 11.2 Å². The molecule has 21 heavy (non-hydrogen) atoms. The molecule has 116 valence electrons. The summed E-state index contributed by atoms with van der Waals surface area (Å²) >= 11 is 0. The van der Waals surface area contributed by atoms with Gasteiger partial charge in [0.2, 0.25) is 0 Å². The number of nitrogen functional groups attached to an aromatic ring is 1. The Bertz CT molecular complexity index is 534. The van der Waals surface area contributed by atoms with Crippen molar-refractivity contribution in [3.05, 3.63) is 12.7 Å². The van der Waals surface area contributed by atoms with E-state index in [4.69, 9.17) is 5.73 Å². The molecule has 5 nitrogen and oxygen atoms in total. The lowest BCUT2D eigenvalue weighted by molar-refractivity contribution is 0.541. The molecule has 0 aliphatic rings. The molecule has 5 heteroatoms. The topological polar surface area (TPSA) is 69.6 Å². The summed E-state index contributed by atoms with van der Waals surface area (Å²) in [5, 5.41) is 0. The molecule has 0 spiro atoms. The number of aryl methyl sites for hydroxylation is 1. The summed E-state index contributed by atoms with van der Waals surface area (Å²) in [6.07, 6.45) is 15.4. The number of hydrogen-bond donors (Lipinski definition) is 1. The number of fused-ring (bicyclic) bond motifs is 1. The van der Waals surface area contributed by atoms with Crippen LogP contribution in [0.5, 0.6) is 0 Å². The highest BCUT2D eigenvalue weighted by molar-refractivity contribution is 5.80. The molecule has 0 aliphatic carbocycles. The van der Waals surface area contributed by atoms with Crippen LogP contribution in [0.4, 0.5) is 5.82 Å². The number of rotatable bonds is 10. The lowest BCUT2D eigenvalue weighted by atomic mass is 10.1. The van der Waals surface area contributed by atoms with Crippen molar-refractivity contribution in [3.63, 3.8) is 0 Å². The Labute approximate surface area is 127 Å². The molecular weight excluding hydrogens is 262 g/mol. The van der Waals surface area contributed by atoms with Crippen LogP contribution in [0.1, 0.15) is 64.7 Å². The summed E-state index contributed by atoms with van der Waals surface area (Å²) in [5.41, 5.74) is 7.35. The number of nitrogens with zero attached hydrogens (tertiary/aromatic N) is 4. The first kappa shape index (κ1) is 15.7. The molecule has 0 aliphatic heterocycles. The summed E-state index contributed by atoms with van der Waals surface area (Å²) in [4.78, 5) is 12.5. The van der Waals surface area contributed by atoms with Gasteiger partial charge in [-0.25, -0.2) is 15.0 Å². The van der Waals surface area contributed by atoms with Gasteiger partial charge in [-0.15, -0.1) is 0 Å². The minimum atomic E-state index is 0.464. The van der Waals surface area contributed by atoms with Crippen LogP contribution >= 0.6 is 0 Å². The first-order chi connectivity index (χ1) is 10.3. The second-order valence-corrected chi connectivity index (χ2v) is 5.70. The second kappa shape index (κ2) is 8.60. The van der Waals surface area contributed by atoms with E-state index in [1.165, 1.54) is 64.1 Å². The predicted molar refractivity (Wildman–Crippen MR) is 87.0 cm³/mol. The maximum Gasteiger partial charge on any atom is 0.165 e. The van der Waals surface area contributed by atoms with Crippen LogP contribution in [-0.4, -0.2) is 19.5 Å². The molecule has 0 unspecified atom stereocenters. The molecule has 0 amide bonds. The van der Waals surface area contributed by atoms with Gasteiger partial charge >= 0.3 is 0 Å². The molecule has 0 saturated heterocycles. The van der Waals surface area contributed by atoms with E-state index in [0.717, 1.165) is 12.2 Å². The summed E-state index contributed by atoms with van der Waals surface area (Å²) in [6, 6.07) is 0. The van der Waals surface area contributed by atoms with Gasteiger partial charge < -0.3 is 10.3 Å². The maximum absolute atomic E-state index is 5.79. The van der Waals surface area contributed by atoms with Crippen LogP contribution in [0, 0.1) is 0 Å². The Hall–Kier alpha value is -1.65. The van der Waals surface area contributed by atoms with Crippen molar-refractivity contribution in [1.29, 1.82) is 0 Å². The summed E-state index contributed by atoms with van der Waals surface area (Å²) in [6.45, 7) is 3.22. The highest BCUT2D eigenvalue weighted by Gasteiger charge is 2.06. The molecule has 2 rings (SSSR count). The van der Waals surface area contributed by atoms with Gasteiger partial charge in [0.15, 0.2) is 11.5 Å². The average molecular weight is 289 g/mol. The second-order valence-electron chi connectivity index (χ2n) is 5.70. The maximum atomic E-state index is 5.79. The fourth-order valence-electron chi connectivity index (χ4n) is 2.66. The number of imidazole rings is 1. The predicted octanol–water partition coefficient (Wildman–Crippen LogP) is 3.94. The summed E-state index contributed by atoms with van der Waals surface area (Å²) in [7, 11) is 0. The molecule has 2 aromatic heterocycles. The standard InChI is InChI=1S/C16H27N5/c1-2-3-4-5-6-7-8-9-10-11-21-13-20-14-15(17)18-12-19-16(14)21/h12-13H,2-11H2,1H3,(H2,17,18,19). The monoisotopic (exact) mass is 289 g/mol. The highest BCUT2D eigenvalue weighted by Crippen LogP contribution is 2.15. The van der Waals surface area contributed by atoms with Gasteiger partial charge in [0.25, 0.3) is 0 Å². The lowest BCUT2D eigenvalue weighted by Gasteiger charge is -2.04. The smallest absolute Gasteiger partial charge is 0.165 e. The van der Waals surface area contributed by atoms with Crippen molar-refractivity contribution in [2.75, 3.05) is 5.73 Å². The van der Waals surface area contributed by atoms with Gasteiger partial charge in [0.05, 0.1) is 6.33 Å². The van der Waals surface area contributed by atoms with Crippen LogP contribution in [0.2, 0.25) is 0 Å². The first-order valence-electron chi connectivity index (χ1n) is 8.24. The quantitative estimate of drug-likeness (QED) is 0.673. The number of hydrogen-bond acceptors (Lipinski definition) is 4. The van der Waals surface area contributed by atoms with Gasteiger partial charge in [-0.05, 0) is 6.42 Å². The molecule has 0 atom stereocenters. The van der Waals surface area contributed by atoms with Crippen molar-refractivity contribution in [3.8, 4) is 0 Å². The number of unbranched alkanes of at least 4 members (excludes halogenated alkanes) is 8.